The summed E-state index contributed by atoms with van der Waals surface area (Å²) in [5.74, 6) is -2.51. The van der Waals surface area contributed by atoms with Crippen LogP contribution in [0.1, 0.15) is 27.7 Å². The fourth-order valence-electron chi connectivity index (χ4n) is 2.92. The summed E-state index contributed by atoms with van der Waals surface area (Å²) < 4.78 is 27.2. The summed E-state index contributed by atoms with van der Waals surface area (Å²) in [5.41, 5.74) is -0.826. The van der Waals surface area contributed by atoms with Gasteiger partial charge in [-0.3, -0.25) is 19.2 Å². The molecule has 1 aromatic rings. The lowest BCUT2D eigenvalue weighted by Gasteiger charge is -2.44. The van der Waals surface area contributed by atoms with Gasteiger partial charge < -0.3 is 23.7 Å². The van der Waals surface area contributed by atoms with Crippen LogP contribution in [0, 0.1) is 0 Å². The Bertz CT molecular complexity index is 767. The van der Waals surface area contributed by atoms with Gasteiger partial charge in [-0.1, -0.05) is 30.0 Å². The first kappa shape index (κ1) is 23.7. The first-order valence-corrected chi connectivity index (χ1v) is 10.1. The quantitative estimate of drug-likeness (QED) is 0.460. The lowest BCUT2D eigenvalue weighted by atomic mass is 9.99. The molecule has 1 aliphatic heterocycles. The highest BCUT2D eigenvalue weighted by atomic mass is 32.2. The molecule has 0 N–H and O–H groups in total. The van der Waals surface area contributed by atoms with Crippen molar-refractivity contribution in [2.24, 2.45) is 0 Å². The first-order valence-electron chi connectivity index (χ1n) is 9.19. The minimum Gasteiger partial charge on any atom is -0.463 e. The van der Waals surface area contributed by atoms with Crippen LogP contribution in [0.25, 0.3) is 0 Å². The number of esters is 4. The van der Waals surface area contributed by atoms with E-state index in [1.54, 1.807) is 0 Å². The molecule has 0 spiro atoms. The van der Waals surface area contributed by atoms with Gasteiger partial charge in [0.05, 0.1) is 0 Å². The zero-order valence-corrected chi connectivity index (χ0v) is 17.9. The van der Waals surface area contributed by atoms with E-state index in [4.69, 9.17) is 23.7 Å². The number of hydrogen-bond donors (Lipinski definition) is 0. The molecular weight excluding hydrogens is 416 g/mol. The van der Waals surface area contributed by atoms with Crippen molar-refractivity contribution in [3.8, 4) is 0 Å². The molecule has 1 aliphatic rings. The van der Waals surface area contributed by atoms with Gasteiger partial charge in [0, 0.05) is 32.6 Å². The molecule has 2 rings (SSSR count). The van der Waals surface area contributed by atoms with E-state index < -0.39 is 53.7 Å². The second kappa shape index (κ2) is 11.0. The van der Waals surface area contributed by atoms with E-state index in [0.29, 0.717) is 0 Å². The summed E-state index contributed by atoms with van der Waals surface area (Å²) >= 11 is 1.23. The van der Waals surface area contributed by atoms with Gasteiger partial charge >= 0.3 is 23.9 Å². The van der Waals surface area contributed by atoms with Crippen molar-refractivity contribution < 1.29 is 42.9 Å². The van der Waals surface area contributed by atoms with E-state index in [2.05, 4.69) is 0 Å². The van der Waals surface area contributed by atoms with Crippen LogP contribution in [0.15, 0.2) is 35.2 Å². The standard InChI is InChI=1S/C20H24O9S/c1-11(21)25-10-16-17(26-12(2)22)18(27-13(3)23)19(28-14(4)24)20(29-16)30-15-8-6-5-7-9-15/h5-9,16-20H,10H2,1-4H3/t16-,17+,18+,19+,20+/m0/s1. The zero-order valence-electron chi connectivity index (χ0n) is 17.1. The highest BCUT2D eigenvalue weighted by Gasteiger charge is 2.52. The van der Waals surface area contributed by atoms with Crippen LogP contribution >= 0.6 is 11.8 Å². The van der Waals surface area contributed by atoms with Crippen molar-refractivity contribution in [2.75, 3.05) is 6.61 Å². The Morgan fingerprint density at radius 1 is 0.800 bits per heavy atom. The highest BCUT2D eigenvalue weighted by Crippen LogP contribution is 2.37. The monoisotopic (exact) mass is 440 g/mol. The van der Waals surface area contributed by atoms with Crippen molar-refractivity contribution in [3.63, 3.8) is 0 Å². The minimum absolute atomic E-state index is 0.246. The Balaban J connectivity index is 2.42. The van der Waals surface area contributed by atoms with Gasteiger partial charge in [-0.15, -0.1) is 0 Å². The van der Waals surface area contributed by atoms with Gasteiger partial charge in [-0.2, -0.15) is 0 Å². The van der Waals surface area contributed by atoms with E-state index in [9.17, 15) is 19.2 Å². The summed E-state index contributed by atoms with van der Waals surface area (Å²) in [4.78, 5) is 47.3. The Morgan fingerprint density at radius 2 is 1.33 bits per heavy atom. The molecule has 0 saturated carbocycles. The summed E-state index contributed by atoms with van der Waals surface area (Å²) in [6.45, 7) is 4.56. The fourth-order valence-corrected chi connectivity index (χ4v) is 4.04. The van der Waals surface area contributed by atoms with Crippen molar-refractivity contribution in [2.45, 2.75) is 62.4 Å². The number of rotatable bonds is 7. The van der Waals surface area contributed by atoms with Crippen LogP contribution in [0.4, 0.5) is 0 Å². The molecule has 0 bridgehead atoms. The third-order valence-electron chi connectivity index (χ3n) is 3.94. The van der Waals surface area contributed by atoms with E-state index in [-0.39, 0.29) is 6.61 Å². The maximum absolute atomic E-state index is 11.8. The number of carbonyl (C=O) groups excluding carboxylic acids is 4. The lowest BCUT2D eigenvalue weighted by molar-refractivity contribution is -0.237. The molecule has 5 atom stereocenters. The van der Waals surface area contributed by atoms with E-state index in [1.807, 2.05) is 30.3 Å². The van der Waals surface area contributed by atoms with Crippen molar-refractivity contribution >= 4 is 35.6 Å². The van der Waals surface area contributed by atoms with Crippen LogP contribution in [-0.4, -0.2) is 60.3 Å². The molecule has 0 radical (unpaired) electrons. The molecule has 30 heavy (non-hydrogen) atoms. The van der Waals surface area contributed by atoms with Crippen molar-refractivity contribution in [1.82, 2.24) is 0 Å². The van der Waals surface area contributed by atoms with E-state index in [1.165, 1.54) is 39.5 Å². The predicted octanol–water partition coefficient (Wildman–Crippen LogP) is 1.86. The molecule has 10 heteroatoms. The molecular formula is C20H24O9S. The van der Waals surface area contributed by atoms with Crippen LogP contribution in [-0.2, 0) is 42.9 Å². The summed E-state index contributed by atoms with van der Waals surface area (Å²) in [6.07, 6.45) is -4.33. The zero-order chi connectivity index (χ0) is 22.3. The first-order chi connectivity index (χ1) is 14.2. The number of hydrogen-bond acceptors (Lipinski definition) is 10. The SMILES string of the molecule is CC(=O)OC[C@@H]1O[C@H](Sc2ccccc2)[C@H](OC(C)=O)[C@H](OC(C)=O)[C@@H]1OC(C)=O. The summed E-state index contributed by atoms with van der Waals surface area (Å²) in [5, 5.41) is 0. The Hall–Kier alpha value is -2.59. The molecule has 0 amide bonds. The highest BCUT2D eigenvalue weighted by molar-refractivity contribution is 7.99. The van der Waals surface area contributed by atoms with Crippen LogP contribution in [0.3, 0.4) is 0 Å². The Morgan fingerprint density at radius 3 is 1.87 bits per heavy atom. The Kier molecular flexibility index (Phi) is 8.67. The maximum Gasteiger partial charge on any atom is 0.303 e. The molecule has 1 aromatic carbocycles. The Labute approximate surface area is 178 Å². The van der Waals surface area contributed by atoms with Gasteiger partial charge in [0.1, 0.15) is 18.1 Å². The van der Waals surface area contributed by atoms with Gasteiger partial charge in [0.15, 0.2) is 18.3 Å². The predicted molar refractivity (Wildman–Crippen MR) is 104 cm³/mol. The van der Waals surface area contributed by atoms with Crippen LogP contribution in [0.5, 0.6) is 0 Å². The van der Waals surface area contributed by atoms with E-state index in [0.717, 1.165) is 4.90 Å². The van der Waals surface area contributed by atoms with Gasteiger partial charge in [0.25, 0.3) is 0 Å². The fraction of sp³-hybridized carbons (Fsp3) is 0.500. The molecule has 1 saturated heterocycles. The molecule has 164 valence electrons. The van der Waals surface area contributed by atoms with Crippen LogP contribution < -0.4 is 0 Å². The smallest absolute Gasteiger partial charge is 0.303 e. The topological polar surface area (TPSA) is 114 Å². The number of carbonyl (C=O) groups is 4. The second-order valence-corrected chi connectivity index (χ2v) is 7.67. The molecule has 0 unspecified atom stereocenters. The molecule has 9 nitrogen and oxygen atoms in total. The summed E-state index contributed by atoms with van der Waals surface area (Å²) in [7, 11) is 0. The average Bonchev–Trinajstić information content (AvgIpc) is 2.64. The van der Waals surface area contributed by atoms with Gasteiger partial charge in [-0.25, -0.2) is 0 Å². The third-order valence-corrected chi connectivity index (χ3v) is 5.10. The molecule has 1 heterocycles. The number of thioether (sulfide) groups is 1. The van der Waals surface area contributed by atoms with E-state index >= 15 is 0 Å². The molecule has 0 aromatic heterocycles. The van der Waals surface area contributed by atoms with Crippen molar-refractivity contribution in [1.29, 1.82) is 0 Å². The largest absolute Gasteiger partial charge is 0.463 e. The third kappa shape index (κ3) is 7.03. The number of benzene rings is 1. The number of ether oxygens (including phenoxy) is 5. The van der Waals surface area contributed by atoms with Crippen LogP contribution in [0.2, 0.25) is 0 Å². The second-order valence-electron chi connectivity index (χ2n) is 6.50. The van der Waals surface area contributed by atoms with Crippen molar-refractivity contribution in [3.05, 3.63) is 30.3 Å². The van der Waals surface area contributed by atoms with Gasteiger partial charge in [0.2, 0.25) is 0 Å². The average molecular weight is 440 g/mol. The van der Waals surface area contributed by atoms with Gasteiger partial charge in [-0.05, 0) is 12.1 Å². The summed E-state index contributed by atoms with van der Waals surface area (Å²) in [6, 6.07) is 9.16. The lowest BCUT2D eigenvalue weighted by Crippen LogP contribution is -2.61. The normalized spacial score (nSPS) is 25.7. The maximum atomic E-state index is 11.8. The molecule has 0 aliphatic carbocycles. The molecule has 1 fully saturated rings. The minimum atomic E-state index is -1.16.